The topological polar surface area (TPSA) is 29.1 Å². The molecule has 0 aromatic heterocycles. The van der Waals surface area contributed by atoms with Gasteiger partial charge in [-0.2, -0.15) is 39.5 Å². The second kappa shape index (κ2) is 9.64. The first-order chi connectivity index (χ1) is 16.4. The summed E-state index contributed by atoms with van der Waals surface area (Å²) in [6.07, 6.45) is -14.6. The minimum atomic E-state index is -5.19. The molecule has 0 saturated heterocycles. The van der Waals surface area contributed by atoms with Crippen LogP contribution in [0.3, 0.4) is 0 Å². The fraction of sp³-hybridized carbons (Fsp3) is 0.318. The van der Waals surface area contributed by atoms with E-state index in [1.807, 2.05) is 0 Å². The van der Waals surface area contributed by atoms with Gasteiger partial charge in [0.1, 0.15) is 5.54 Å². The molecule has 1 amide bonds. The molecule has 1 aliphatic rings. The molecule has 36 heavy (non-hydrogen) atoms. The van der Waals surface area contributed by atoms with Crippen LogP contribution in [-0.2, 0) is 6.18 Å². The van der Waals surface area contributed by atoms with Crippen LogP contribution in [0.15, 0.2) is 36.4 Å². The van der Waals surface area contributed by atoms with Gasteiger partial charge in [-0.05, 0) is 48.2 Å². The molecule has 1 saturated carbocycles. The van der Waals surface area contributed by atoms with Gasteiger partial charge in [0.25, 0.3) is 5.91 Å². The summed E-state index contributed by atoms with van der Waals surface area (Å²) in [5, 5.41) is 0.861. The highest BCUT2D eigenvalue weighted by atomic mass is 35.5. The van der Waals surface area contributed by atoms with Gasteiger partial charge in [0.05, 0.1) is 32.1 Å². The van der Waals surface area contributed by atoms with E-state index in [1.54, 1.807) is 5.32 Å². The fourth-order valence-electron chi connectivity index (χ4n) is 3.36. The normalized spacial score (nSPS) is 16.8. The van der Waals surface area contributed by atoms with Crippen molar-refractivity contribution in [2.24, 2.45) is 0 Å². The molecule has 2 aromatic rings. The highest BCUT2D eigenvalue weighted by Crippen LogP contribution is 2.49. The summed E-state index contributed by atoms with van der Waals surface area (Å²) in [5.74, 6) is -3.95. The quantitative estimate of drug-likeness (QED) is 0.276. The maximum Gasteiger partial charge on any atom is 0.417 e. The summed E-state index contributed by atoms with van der Waals surface area (Å²) in [6.45, 7) is 0. The summed E-state index contributed by atoms with van der Waals surface area (Å²) in [7, 11) is 0. The fourth-order valence-corrected chi connectivity index (χ4v) is 3.97. The number of benzene rings is 2. The molecule has 196 valence electrons. The van der Waals surface area contributed by atoms with Gasteiger partial charge in [-0.1, -0.05) is 53.0 Å². The molecule has 1 unspecified atom stereocenters. The Labute approximate surface area is 213 Å². The van der Waals surface area contributed by atoms with E-state index in [1.165, 1.54) is 0 Å². The van der Waals surface area contributed by atoms with Gasteiger partial charge in [0.2, 0.25) is 0 Å². The number of halogens is 12. The van der Waals surface area contributed by atoms with Crippen LogP contribution < -0.4 is 5.32 Å². The van der Waals surface area contributed by atoms with Gasteiger partial charge in [-0.15, -0.1) is 0 Å². The summed E-state index contributed by atoms with van der Waals surface area (Å²) >= 11 is 17.3. The molecule has 2 aromatic carbocycles. The molecular weight excluding hydrogens is 572 g/mol. The maximum absolute atomic E-state index is 13.7. The van der Waals surface area contributed by atoms with E-state index in [9.17, 15) is 44.3 Å². The van der Waals surface area contributed by atoms with Crippen molar-refractivity contribution in [2.45, 2.75) is 42.8 Å². The van der Waals surface area contributed by atoms with Crippen LogP contribution in [0.5, 0.6) is 0 Å². The third-order valence-corrected chi connectivity index (χ3v) is 6.63. The molecule has 1 atom stereocenters. The number of carbonyl (C=O) groups is 1. The molecule has 0 heterocycles. The van der Waals surface area contributed by atoms with Crippen LogP contribution in [0, 0.1) is 0 Å². The van der Waals surface area contributed by atoms with E-state index < -0.39 is 71.0 Å². The second-order valence-corrected chi connectivity index (χ2v) is 9.21. The smallest absolute Gasteiger partial charge is 0.338 e. The molecule has 1 fully saturated rings. The van der Waals surface area contributed by atoms with Gasteiger partial charge >= 0.3 is 18.5 Å². The first kappa shape index (κ1) is 28.5. The summed E-state index contributed by atoms with van der Waals surface area (Å²) in [4.78, 5) is 12.3. The van der Waals surface area contributed by atoms with Crippen LogP contribution in [0.25, 0.3) is 6.08 Å². The molecule has 0 bridgehead atoms. The van der Waals surface area contributed by atoms with Crippen molar-refractivity contribution in [2.75, 3.05) is 0 Å². The van der Waals surface area contributed by atoms with Gasteiger partial charge in [-0.25, -0.2) is 0 Å². The van der Waals surface area contributed by atoms with Crippen molar-refractivity contribution >= 4 is 46.8 Å². The first-order valence-electron chi connectivity index (χ1n) is 9.85. The highest BCUT2D eigenvalue weighted by molar-refractivity contribution is 6.48. The average Bonchev–Trinajstić information content (AvgIpc) is 3.51. The molecular formula is C22H13Cl3F9NO. The number of alkyl halides is 9. The Bertz CT molecular complexity index is 1180. The van der Waals surface area contributed by atoms with E-state index >= 15 is 0 Å². The summed E-state index contributed by atoms with van der Waals surface area (Å²) in [6, 6.07) is 3.65. The van der Waals surface area contributed by atoms with Crippen LogP contribution in [-0.4, -0.2) is 23.8 Å². The van der Waals surface area contributed by atoms with Crippen molar-refractivity contribution in [3.63, 3.8) is 0 Å². The largest absolute Gasteiger partial charge is 0.417 e. The lowest BCUT2D eigenvalue weighted by atomic mass is 9.96. The van der Waals surface area contributed by atoms with E-state index in [4.69, 9.17) is 34.8 Å². The van der Waals surface area contributed by atoms with Crippen LogP contribution in [0.2, 0.25) is 15.1 Å². The van der Waals surface area contributed by atoms with Crippen LogP contribution in [0.1, 0.15) is 45.8 Å². The lowest BCUT2D eigenvalue weighted by molar-refractivity contribution is -0.163. The zero-order valence-electron chi connectivity index (χ0n) is 17.5. The molecule has 1 N–H and O–H groups in total. The Morgan fingerprint density at radius 3 is 1.92 bits per heavy atom. The summed E-state index contributed by atoms with van der Waals surface area (Å²) < 4.78 is 121. The summed E-state index contributed by atoms with van der Waals surface area (Å²) in [5.41, 5.74) is -6.14. The standard InChI is InChI=1S/C22H13Cl3F9NO/c23-15-8-11(9-16(24)17(15)25)13(20(26,27)28)4-2-10-1-3-12(14(7-10)21(29,30)31)18(36)35-19(5-6-19)22(32,33)34/h1-4,7-9,13H,5-6H2,(H,35,36)/b4-2+. The predicted octanol–water partition coefficient (Wildman–Crippen LogP) is 8.85. The van der Waals surface area contributed by atoms with Crippen molar-refractivity contribution in [1.29, 1.82) is 0 Å². The van der Waals surface area contributed by atoms with Gasteiger partial charge in [0.15, 0.2) is 0 Å². The molecule has 14 heteroatoms. The maximum atomic E-state index is 13.7. The molecule has 3 rings (SSSR count). The SMILES string of the molecule is O=C(NC1(C(F)(F)F)CC1)c1ccc(/C=C/C(c2cc(Cl)c(Cl)c(Cl)c2)C(F)(F)F)cc1C(F)(F)F. The predicted molar refractivity (Wildman–Crippen MR) is 116 cm³/mol. The zero-order valence-corrected chi connectivity index (χ0v) is 19.7. The highest BCUT2D eigenvalue weighted by Gasteiger charge is 2.64. The molecule has 0 aliphatic heterocycles. The number of carbonyl (C=O) groups excluding carboxylic acids is 1. The molecule has 2 nitrogen and oxygen atoms in total. The van der Waals surface area contributed by atoms with Gasteiger partial charge in [-0.3, -0.25) is 4.79 Å². The lowest BCUT2D eigenvalue weighted by Gasteiger charge is -2.22. The van der Waals surface area contributed by atoms with E-state index in [0.717, 1.165) is 24.3 Å². The Kier molecular flexibility index (Phi) is 7.62. The van der Waals surface area contributed by atoms with Gasteiger partial charge < -0.3 is 5.32 Å². The Morgan fingerprint density at radius 2 is 1.47 bits per heavy atom. The van der Waals surface area contributed by atoms with Crippen molar-refractivity contribution < 1.29 is 44.3 Å². The van der Waals surface area contributed by atoms with E-state index in [0.29, 0.717) is 18.2 Å². The average molecular weight is 585 g/mol. The number of hydrogen-bond donors (Lipinski definition) is 1. The minimum Gasteiger partial charge on any atom is -0.338 e. The Hall–Kier alpha value is -2.11. The minimum absolute atomic E-state index is 0.186. The van der Waals surface area contributed by atoms with Gasteiger partial charge in [0, 0.05) is 0 Å². The van der Waals surface area contributed by atoms with Crippen molar-refractivity contribution in [3.8, 4) is 0 Å². The monoisotopic (exact) mass is 583 g/mol. The van der Waals surface area contributed by atoms with Crippen LogP contribution in [0.4, 0.5) is 39.5 Å². The van der Waals surface area contributed by atoms with Crippen LogP contribution >= 0.6 is 34.8 Å². The lowest BCUT2D eigenvalue weighted by Crippen LogP contribution is -2.48. The van der Waals surface area contributed by atoms with Crippen molar-refractivity contribution in [1.82, 2.24) is 5.32 Å². The number of amides is 1. The first-order valence-corrected chi connectivity index (χ1v) is 11.0. The van der Waals surface area contributed by atoms with E-state index in [2.05, 4.69) is 0 Å². The number of hydrogen-bond acceptors (Lipinski definition) is 1. The number of rotatable bonds is 5. The third-order valence-electron chi connectivity index (χ3n) is 5.44. The molecule has 0 spiro atoms. The number of allylic oxidation sites excluding steroid dienone is 1. The number of nitrogens with one attached hydrogen (secondary N) is 1. The molecule has 1 aliphatic carbocycles. The zero-order chi connectivity index (χ0) is 27.3. The second-order valence-electron chi connectivity index (χ2n) is 8.01. The molecule has 0 radical (unpaired) electrons. The van der Waals surface area contributed by atoms with E-state index in [-0.39, 0.29) is 15.1 Å². The van der Waals surface area contributed by atoms with Crippen molar-refractivity contribution in [3.05, 3.63) is 73.7 Å². The Balaban J connectivity index is 1.97. The Morgan fingerprint density at radius 1 is 0.917 bits per heavy atom. The third kappa shape index (κ3) is 6.06.